The summed E-state index contributed by atoms with van der Waals surface area (Å²) < 4.78 is 1.46. The molecular formula is C23H34N4O2. The Kier molecular flexibility index (Phi) is 7.06. The Hall–Kier alpha value is -2.21. The van der Waals surface area contributed by atoms with Gasteiger partial charge >= 0.3 is 0 Å². The predicted octanol–water partition coefficient (Wildman–Crippen LogP) is 3.58. The zero-order chi connectivity index (χ0) is 20.9. The number of unbranched alkanes of at least 4 members (excludes halogenated alkanes) is 2. The normalized spacial score (nSPS) is 15.6. The number of carbonyl (C=O) groups excluding carboxylic acids is 1. The zero-order valence-corrected chi connectivity index (χ0v) is 18.0. The molecule has 1 amide bonds. The molecule has 1 saturated heterocycles. The van der Waals surface area contributed by atoms with Crippen molar-refractivity contribution in [3.8, 4) is 0 Å². The van der Waals surface area contributed by atoms with E-state index >= 15 is 0 Å². The fourth-order valence-electron chi connectivity index (χ4n) is 4.06. The number of aryl methyl sites for hydroxylation is 1. The van der Waals surface area contributed by atoms with Crippen LogP contribution in [0.25, 0.3) is 10.8 Å². The standard InChI is InChI=1S/C23H34N4O2/c1-4-5-9-16-27-22(29)19-13-8-7-12-18(19)20(25-27)21(28)24-17-23(2,3)26-14-10-6-11-15-26/h7-8,12-13H,4-6,9-11,14-17H2,1-3H3,(H,24,28). The van der Waals surface area contributed by atoms with E-state index in [4.69, 9.17) is 0 Å². The second kappa shape index (κ2) is 9.53. The molecule has 1 fully saturated rings. The number of hydrogen-bond acceptors (Lipinski definition) is 4. The molecule has 2 aromatic rings. The lowest BCUT2D eigenvalue weighted by atomic mass is 9.98. The molecule has 6 heteroatoms. The summed E-state index contributed by atoms with van der Waals surface area (Å²) in [5.41, 5.74) is 0.106. The van der Waals surface area contributed by atoms with Gasteiger partial charge in [0.1, 0.15) is 0 Å². The summed E-state index contributed by atoms with van der Waals surface area (Å²) in [4.78, 5) is 28.3. The van der Waals surface area contributed by atoms with Crippen LogP contribution in [-0.4, -0.2) is 45.8 Å². The largest absolute Gasteiger partial charge is 0.349 e. The molecule has 0 unspecified atom stereocenters. The summed E-state index contributed by atoms with van der Waals surface area (Å²) >= 11 is 0. The lowest BCUT2D eigenvalue weighted by Crippen LogP contribution is -2.53. The van der Waals surface area contributed by atoms with Gasteiger partial charge in [0.15, 0.2) is 5.69 Å². The van der Waals surface area contributed by atoms with Crippen LogP contribution in [0.15, 0.2) is 29.1 Å². The van der Waals surface area contributed by atoms with Gasteiger partial charge in [-0.15, -0.1) is 0 Å². The van der Waals surface area contributed by atoms with Gasteiger partial charge in [0.05, 0.1) is 5.39 Å². The van der Waals surface area contributed by atoms with Crippen molar-refractivity contribution in [3.63, 3.8) is 0 Å². The van der Waals surface area contributed by atoms with Crippen LogP contribution < -0.4 is 10.9 Å². The van der Waals surface area contributed by atoms with Gasteiger partial charge in [0.2, 0.25) is 0 Å². The molecule has 3 rings (SSSR count). The predicted molar refractivity (Wildman–Crippen MR) is 117 cm³/mol. The fraction of sp³-hybridized carbons (Fsp3) is 0.609. The molecule has 0 bridgehead atoms. The van der Waals surface area contributed by atoms with Gasteiger partial charge in [-0.2, -0.15) is 5.10 Å². The van der Waals surface area contributed by atoms with Crippen LogP contribution in [0.3, 0.4) is 0 Å². The third kappa shape index (κ3) is 5.04. The van der Waals surface area contributed by atoms with E-state index in [9.17, 15) is 9.59 Å². The molecule has 0 saturated carbocycles. The first-order chi connectivity index (χ1) is 13.9. The first-order valence-corrected chi connectivity index (χ1v) is 11.0. The lowest BCUT2D eigenvalue weighted by Gasteiger charge is -2.41. The highest BCUT2D eigenvalue weighted by Crippen LogP contribution is 2.20. The van der Waals surface area contributed by atoms with Crippen LogP contribution in [0.5, 0.6) is 0 Å². The molecule has 1 aromatic carbocycles. The highest BCUT2D eigenvalue weighted by Gasteiger charge is 2.29. The minimum atomic E-state index is -0.212. The van der Waals surface area contributed by atoms with Crippen LogP contribution in [-0.2, 0) is 6.54 Å². The van der Waals surface area contributed by atoms with E-state index in [0.29, 0.717) is 29.6 Å². The number of likely N-dealkylation sites (tertiary alicyclic amines) is 1. The summed E-state index contributed by atoms with van der Waals surface area (Å²) in [6.45, 7) is 9.72. The van der Waals surface area contributed by atoms with E-state index in [1.165, 1.54) is 23.9 Å². The highest BCUT2D eigenvalue weighted by molar-refractivity contribution is 6.04. The minimum absolute atomic E-state index is 0.110. The third-order valence-corrected chi connectivity index (χ3v) is 5.95. The summed E-state index contributed by atoms with van der Waals surface area (Å²) in [6, 6.07) is 7.27. The van der Waals surface area contributed by atoms with Crippen molar-refractivity contribution in [2.45, 2.75) is 71.4 Å². The molecule has 0 spiro atoms. The Bertz CT molecular complexity index is 897. The van der Waals surface area contributed by atoms with Crippen LogP contribution >= 0.6 is 0 Å². The molecule has 0 atom stereocenters. The molecule has 2 heterocycles. The van der Waals surface area contributed by atoms with Crippen LogP contribution in [0.4, 0.5) is 0 Å². The molecule has 1 N–H and O–H groups in total. The molecule has 0 radical (unpaired) electrons. The number of aromatic nitrogens is 2. The van der Waals surface area contributed by atoms with Crippen LogP contribution in [0, 0.1) is 0 Å². The van der Waals surface area contributed by atoms with E-state index in [0.717, 1.165) is 32.4 Å². The van der Waals surface area contributed by atoms with Gasteiger partial charge in [-0.25, -0.2) is 4.68 Å². The molecular weight excluding hydrogens is 364 g/mol. The average molecular weight is 399 g/mol. The number of piperidine rings is 1. The highest BCUT2D eigenvalue weighted by atomic mass is 16.2. The zero-order valence-electron chi connectivity index (χ0n) is 18.0. The van der Waals surface area contributed by atoms with E-state index in [1.807, 2.05) is 18.2 Å². The summed E-state index contributed by atoms with van der Waals surface area (Å²) in [5.74, 6) is -0.212. The lowest BCUT2D eigenvalue weighted by molar-refractivity contribution is 0.0794. The maximum absolute atomic E-state index is 13.1. The van der Waals surface area contributed by atoms with Crippen molar-refractivity contribution in [2.75, 3.05) is 19.6 Å². The second-order valence-electron chi connectivity index (χ2n) is 8.67. The van der Waals surface area contributed by atoms with E-state index in [-0.39, 0.29) is 17.0 Å². The van der Waals surface area contributed by atoms with Crippen molar-refractivity contribution in [3.05, 3.63) is 40.3 Å². The topological polar surface area (TPSA) is 67.2 Å². The van der Waals surface area contributed by atoms with Crippen molar-refractivity contribution in [1.82, 2.24) is 20.0 Å². The second-order valence-corrected chi connectivity index (χ2v) is 8.67. The molecule has 1 aromatic heterocycles. The number of fused-ring (bicyclic) bond motifs is 1. The third-order valence-electron chi connectivity index (χ3n) is 5.95. The van der Waals surface area contributed by atoms with Gasteiger partial charge in [-0.05, 0) is 52.3 Å². The quantitative estimate of drug-likeness (QED) is 0.690. The summed E-state index contributed by atoms with van der Waals surface area (Å²) in [5, 5.41) is 8.73. The van der Waals surface area contributed by atoms with Gasteiger partial charge in [0, 0.05) is 24.0 Å². The van der Waals surface area contributed by atoms with E-state index in [2.05, 4.69) is 36.1 Å². The summed E-state index contributed by atoms with van der Waals surface area (Å²) in [6.07, 6.45) is 6.70. The van der Waals surface area contributed by atoms with E-state index < -0.39 is 0 Å². The van der Waals surface area contributed by atoms with E-state index in [1.54, 1.807) is 6.07 Å². The Morgan fingerprint density at radius 2 is 1.79 bits per heavy atom. The van der Waals surface area contributed by atoms with Crippen LogP contribution in [0.2, 0.25) is 0 Å². The number of nitrogens with zero attached hydrogens (tertiary/aromatic N) is 3. The number of carbonyl (C=O) groups is 1. The Morgan fingerprint density at radius 3 is 2.48 bits per heavy atom. The van der Waals surface area contributed by atoms with Crippen molar-refractivity contribution in [2.24, 2.45) is 0 Å². The maximum Gasteiger partial charge on any atom is 0.274 e. The Labute approximate surface area is 173 Å². The Balaban J connectivity index is 1.82. The van der Waals surface area contributed by atoms with Crippen LogP contribution in [0.1, 0.15) is 69.8 Å². The first kappa shape index (κ1) is 21.5. The number of rotatable bonds is 8. The van der Waals surface area contributed by atoms with Crippen molar-refractivity contribution in [1.29, 1.82) is 0 Å². The van der Waals surface area contributed by atoms with Crippen molar-refractivity contribution >= 4 is 16.7 Å². The number of amides is 1. The summed E-state index contributed by atoms with van der Waals surface area (Å²) in [7, 11) is 0. The number of hydrogen-bond donors (Lipinski definition) is 1. The SMILES string of the molecule is CCCCCn1nc(C(=O)NCC(C)(C)N2CCCCC2)c2ccccc2c1=O. The molecule has 29 heavy (non-hydrogen) atoms. The van der Waals surface area contributed by atoms with Gasteiger partial charge < -0.3 is 5.32 Å². The average Bonchev–Trinajstić information content (AvgIpc) is 2.74. The molecule has 6 nitrogen and oxygen atoms in total. The fourth-order valence-corrected chi connectivity index (χ4v) is 4.06. The smallest absolute Gasteiger partial charge is 0.274 e. The number of nitrogens with one attached hydrogen (secondary N) is 1. The maximum atomic E-state index is 13.1. The molecule has 158 valence electrons. The molecule has 0 aliphatic carbocycles. The van der Waals surface area contributed by atoms with Gasteiger partial charge in [-0.3, -0.25) is 14.5 Å². The minimum Gasteiger partial charge on any atom is -0.349 e. The molecule has 1 aliphatic rings. The van der Waals surface area contributed by atoms with Crippen molar-refractivity contribution < 1.29 is 4.79 Å². The Morgan fingerprint density at radius 1 is 1.10 bits per heavy atom. The first-order valence-electron chi connectivity index (χ1n) is 11.0. The number of benzene rings is 1. The molecule has 1 aliphatic heterocycles. The monoisotopic (exact) mass is 398 g/mol. The van der Waals surface area contributed by atoms with Gasteiger partial charge in [0.25, 0.3) is 11.5 Å². The van der Waals surface area contributed by atoms with Gasteiger partial charge in [-0.1, -0.05) is 44.4 Å².